The molecule has 6 heteroatoms. The fourth-order valence-corrected chi connectivity index (χ4v) is 1.64. The van der Waals surface area contributed by atoms with E-state index >= 15 is 0 Å². The Morgan fingerprint density at radius 1 is 1.56 bits per heavy atom. The van der Waals surface area contributed by atoms with E-state index < -0.39 is 11.0 Å². The summed E-state index contributed by atoms with van der Waals surface area (Å²) in [6.07, 6.45) is -0.639. The Kier molecular flexibility index (Phi) is 4.38. The molecule has 0 heterocycles. The molecule has 0 aliphatic carbocycles. The van der Waals surface area contributed by atoms with Crippen molar-refractivity contribution in [1.82, 2.24) is 4.90 Å². The van der Waals surface area contributed by atoms with E-state index in [1.165, 1.54) is 11.0 Å². The van der Waals surface area contributed by atoms with E-state index in [1.807, 2.05) is 0 Å². The van der Waals surface area contributed by atoms with Gasteiger partial charge in [-0.1, -0.05) is 6.07 Å². The fourth-order valence-electron chi connectivity index (χ4n) is 1.64. The van der Waals surface area contributed by atoms with Crippen molar-refractivity contribution in [2.24, 2.45) is 0 Å². The average Bonchev–Trinajstić information content (AvgIpc) is 2.27. The van der Waals surface area contributed by atoms with Crippen molar-refractivity contribution in [1.29, 1.82) is 0 Å². The topological polar surface area (TPSA) is 83.7 Å². The van der Waals surface area contributed by atoms with Crippen LogP contribution < -0.4 is 0 Å². The molecule has 0 spiro atoms. The van der Waals surface area contributed by atoms with Gasteiger partial charge in [0.2, 0.25) is 0 Å². The molecule has 18 heavy (non-hydrogen) atoms. The molecule has 0 bridgehead atoms. The van der Waals surface area contributed by atoms with E-state index in [2.05, 4.69) is 0 Å². The molecule has 1 atom stereocenters. The maximum absolute atomic E-state index is 12.0. The van der Waals surface area contributed by atoms with Crippen molar-refractivity contribution in [2.75, 3.05) is 13.6 Å². The number of hydrogen-bond acceptors (Lipinski definition) is 4. The first-order valence-corrected chi connectivity index (χ1v) is 5.51. The monoisotopic (exact) mass is 252 g/mol. The quantitative estimate of drug-likeness (QED) is 0.647. The van der Waals surface area contributed by atoms with Crippen molar-refractivity contribution < 1.29 is 14.8 Å². The summed E-state index contributed by atoms with van der Waals surface area (Å²) in [5.74, 6) is -0.348. The summed E-state index contributed by atoms with van der Waals surface area (Å²) in [5, 5.41) is 20.0. The number of aryl methyl sites for hydroxylation is 1. The van der Waals surface area contributed by atoms with Gasteiger partial charge in [0.1, 0.15) is 0 Å². The van der Waals surface area contributed by atoms with E-state index in [9.17, 15) is 20.0 Å². The molecule has 0 aliphatic heterocycles. The van der Waals surface area contributed by atoms with Gasteiger partial charge in [0.05, 0.1) is 11.0 Å². The predicted octanol–water partition coefficient (Wildman–Crippen LogP) is 1.36. The number of nitro groups is 1. The number of aliphatic hydroxyl groups is 1. The van der Waals surface area contributed by atoms with Gasteiger partial charge in [0, 0.05) is 30.8 Å². The highest BCUT2D eigenvalue weighted by Crippen LogP contribution is 2.20. The largest absolute Gasteiger partial charge is 0.392 e. The number of amides is 1. The predicted molar refractivity (Wildman–Crippen MR) is 66.5 cm³/mol. The Bertz CT molecular complexity index is 471. The standard InChI is InChI=1S/C12H16N2O4/c1-8-4-5-10(6-11(8)14(17)18)12(16)13(3)7-9(2)15/h4-6,9,15H,7H2,1-3H3. The van der Waals surface area contributed by atoms with Crippen molar-refractivity contribution in [3.63, 3.8) is 0 Å². The molecule has 1 unspecified atom stereocenters. The maximum Gasteiger partial charge on any atom is 0.273 e. The van der Waals surface area contributed by atoms with Crippen molar-refractivity contribution in [2.45, 2.75) is 20.0 Å². The van der Waals surface area contributed by atoms with E-state index in [1.54, 1.807) is 33.0 Å². The fraction of sp³-hybridized carbons (Fsp3) is 0.417. The molecule has 1 amide bonds. The highest BCUT2D eigenvalue weighted by atomic mass is 16.6. The van der Waals surface area contributed by atoms with Gasteiger partial charge >= 0.3 is 0 Å². The highest BCUT2D eigenvalue weighted by Gasteiger charge is 2.18. The Hall–Kier alpha value is -1.95. The molecule has 98 valence electrons. The number of carbonyl (C=O) groups excluding carboxylic acids is 1. The van der Waals surface area contributed by atoms with Crippen LogP contribution in [0.3, 0.4) is 0 Å². The third-order valence-electron chi connectivity index (χ3n) is 2.54. The Balaban J connectivity index is 3.00. The Labute approximate surface area is 105 Å². The SMILES string of the molecule is Cc1ccc(C(=O)N(C)CC(C)O)cc1[N+](=O)[O-]. The molecule has 1 N–H and O–H groups in total. The van der Waals surface area contributed by atoms with Gasteiger partial charge in [0.15, 0.2) is 0 Å². The van der Waals surface area contributed by atoms with Crippen molar-refractivity contribution in [3.8, 4) is 0 Å². The van der Waals surface area contributed by atoms with Gasteiger partial charge in [-0.3, -0.25) is 14.9 Å². The van der Waals surface area contributed by atoms with Crippen LogP contribution in [0.15, 0.2) is 18.2 Å². The number of likely N-dealkylation sites (N-methyl/N-ethyl adjacent to an activating group) is 1. The second-order valence-electron chi connectivity index (χ2n) is 4.29. The molecule has 0 saturated carbocycles. The summed E-state index contributed by atoms with van der Waals surface area (Å²) in [6.45, 7) is 3.37. The zero-order valence-corrected chi connectivity index (χ0v) is 10.6. The Morgan fingerprint density at radius 3 is 2.67 bits per heavy atom. The number of nitro benzene ring substituents is 1. The van der Waals surface area contributed by atoms with Crippen molar-refractivity contribution in [3.05, 3.63) is 39.4 Å². The average molecular weight is 252 g/mol. The number of aliphatic hydroxyl groups excluding tert-OH is 1. The van der Waals surface area contributed by atoms with Crippen LogP contribution in [0.4, 0.5) is 5.69 Å². The number of benzene rings is 1. The van der Waals surface area contributed by atoms with Crippen LogP contribution in [-0.4, -0.2) is 40.5 Å². The third-order valence-corrected chi connectivity index (χ3v) is 2.54. The van der Waals surface area contributed by atoms with E-state index in [0.29, 0.717) is 5.56 Å². The van der Waals surface area contributed by atoms with E-state index in [0.717, 1.165) is 0 Å². The van der Waals surface area contributed by atoms with Crippen LogP contribution in [0, 0.1) is 17.0 Å². The minimum absolute atomic E-state index is 0.0775. The number of hydrogen-bond donors (Lipinski definition) is 1. The van der Waals surface area contributed by atoms with Crippen LogP contribution in [0.5, 0.6) is 0 Å². The van der Waals surface area contributed by atoms with Crippen LogP contribution in [-0.2, 0) is 0 Å². The summed E-state index contributed by atoms with van der Waals surface area (Å²) in [5.41, 5.74) is 0.677. The van der Waals surface area contributed by atoms with Crippen LogP contribution in [0.1, 0.15) is 22.8 Å². The number of rotatable bonds is 4. The first kappa shape index (κ1) is 14.1. The lowest BCUT2D eigenvalue weighted by Crippen LogP contribution is -2.33. The van der Waals surface area contributed by atoms with Crippen LogP contribution >= 0.6 is 0 Å². The summed E-state index contributed by atoms with van der Waals surface area (Å²) < 4.78 is 0. The molecular formula is C12H16N2O4. The van der Waals surface area contributed by atoms with Gasteiger partial charge < -0.3 is 10.0 Å². The van der Waals surface area contributed by atoms with Crippen molar-refractivity contribution >= 4 is 11.6 Å². The smallest absolute Gasteiger partial charge is 0.273 e. The summed E-state index contributed by atoms with van der Waals surface area (Å²) >= 11 is 0. The first-order valence-electron chi connectivity index (χ1n) is 5.51. The minimum Gasteiger partial charge on any atom is -0.392 e. The summed E-state index contributed by atoms with van der Waals surface area (Å²) in [7, 11) is 1.54. The van der Waals surface area contributed by atoms with Gasteiger partial charge in [-0.05, 0) is 19.9 Å². The van der Waals surface area contributed by atoms with Crippen LogP contribution in [0.25, 0.3) is 0 Å². The van der Waals surface area contributed by atoms with Crippen LogP contribution in [0.2, 0.25) is 0 Å². The van der Waals surface area contributed by atoms with Gasteiger partial charge in [-0.25, -0.2) is 0 Å². The first-order chi connectivity index (χ1) is 8.32. The zero-order valence-electron chi connectivity index (χ0n) is 10.6. The number of nitrogens with zero attached hydrogens (tertiary/aromatic N) is 2. The van der Waals surface area contributed by atoms with Gasteiger partial charge in [-0.2, -0.15) is 0 Å². The molecule has 0 saturated heterocycles. The van der Waals surface area contributed by atoms with E-state index in [4.69, 9.17) is 0 Å². The number of carbonyl (C=O) groups is 1. The maximum atomic E-state index is 12.0. The third kappa shape index (κ3) is 3.27. The normalized spacial score (nSPS) is 12.0. The molecule has 0 aromatic heterocycles. The Morgan fingerprint density at radius 2 is 2.17 bits per heavy atom. The molecule has 0 radical (unpaired) electrons. The molecule has 0 aliphatic rings. The molecule has 1 aromatic carbocycles. The van der Waals surface area contributed by atoms with Gasteiger partial charge in [0.25, 0.3) is 11.6 Å². The summed E-state index contributed by atoms with van der Waals surface area (Å²) in [4.78, 5) is 23.6. The van der Waals surface area contributed by atoms with Gasteiger partial charge in [-0.15, -0.1) is 0 Å². The molecule has 1 rings (SSSR count). The summed E-state index contributed by atoms with van der Waals surface area (Å²) in [6, 6.07) is 4.35. The second kappa shape index (κ2) is 5.59. The highest BCUT2D eigenvalue weighted by molar-refractivity contribution is 5.94. The lowest BCUT2D eigenvalue weighted by Gasteiger charge is -2.18. The minimum atomic E-state index is -0.639. The lowest BCUT2D eigenvalue weighted by atomic mass is 10.1. The molecular weight excluding hydrogens is 236 g/mol. The second-order valence-corrected chi connectivity index (χ2v) is 4.29. The zero-order chi connectivity index (χ0) is 13.9. The molecule has 1 aromatic rings. The molecule has 0 fully saturated rings. The van der Waals surface area contributed by atoms with E-state index in [-0.39, 0.29) is 23.7 Å². The molecule has 6 nitrogen and oxygen atoms in total. The lowest BCUT2D eigenvalue weighted by molar-refractivity contribution is -0.385.